The number of hydrazine groups is 1. The van der Waals surface area contributed by atoms with E-state index in [1.54, 1.807) is 5.43 Å². The van der Waals surface area contributed by atoms with E-state index in [1.807, 2.05) is 0 Å². The van der Waals surface area contributed by atoms with Crippen LogP contribution >= 0.6 is 0 Å². The quantitative estimate of drug-likeness (QED) is 0.221. The van der Waals surface area contributed by atoms with Crippen LogP contribution in [0.2, 0.25) is 0 Å². The van der Waals surface area contributed by atoms with Gasteiger partial charge in [0, 0.05) is 5.69 Å². The Morgan fingerprint density at radius 3 is 2.08 bits per heavy atom. The maximum atomic E-state index is 12.7. The number of nitrogens with one attached hydrogen (secondary N) is 1. The van der Waals surface area contributed by atoms with Gasteiger partial charge in [-0.25, -0.2) is 19.1 Å². The number of carbonyl (C=O) groups is 2. The third kappa shape index (κ3) is 3.00. The summed E-state index contributed by atoms with van der Waals surface area (Å²) in [6.07, 6.45) is 0. The number of hydrogen-bond donors (Lipinski definition) is 5. The zero-order valence-corrected chi connectivity index (χ0v) is 13.0. The number of aromatic carboxylic acids is 1. The molecule has 0 bridgehead atoms. The molecule has 8 N–H and O–H groups in total. The van der Waals surface area contributed by atoms with Crippen LogP contribution < -0.4 is 22.7 Å². The van der Waals surface area contributed by atoms with Crippen LogP contribution in [0.5, 0.6) is 0 Å². The van der Waals surface area contributed by atoms with Gasteiger partial charge in [0.25, 0.3) is 5.91 Å². The topological polar surface area (TPSA) is 179 Å². The van der Waals surface area contributed by atoms with E-state index in [2.05, 4.69) is 0 Å². The predicted octanol–water partition coefficient (Wildman–Crippen LogP) is -0.0145. The zero-order valence-electron chi connectivity index (χ0n) is 12.2. The Labute approximate surface area is 137 Å². The normalized spacial score (nSPS) is 11.0. The molecule has 0 saturated heterocycles. The Kier molecular flexibility index (Phi) is 4.44. The molecule has 2 aromatic rings. The molecule has 9 nitrogen and oxygen atoms in total. The van der Waals surface area contributed by atoms with Crippen molar-refractivity contribution in [2.24, 2.45) is 5.84 Å². The first kappa shape index (κ1) is 17.2. The van der Waals surface area contributed by atoms with Gasteiger partial charge in [-0.05, 0) is 36.4 Å². The molecule has 0 unspecified atom stereocenters. The molecule has 0 spiro atoms. The highest BCUT2D eigenvalue weighted by atomic mass is 32.2. The lowest BCUT2D eigenvalue weighted by Crippen LogP contribution is -2.31. The van der Waals surface area contributed by atoms with Gasteiger partial charge in [0.05, 0.1) is 26.6 Å². The molecule has 2 aromatic carbocycles. The number of carboxylic acid groups (broad SMARTS) is 1. The first-order valence-corrected chi connectivity index (χ1v) is 7.95. The van der Waals surface area contributed by atoms with E-state index in [1.165, 1.54) is 24.3 Å². The van der Waals surface area contributed by atoms with Crippen LogP contribution in [0.1, 0.15) is 20.7 Å². The number of sulfone groups is 1. The molecule has 10 heteroatoms. The van der Waals surface area contributed by atoms with Gasteiger partial charge in [0.2, 0.25) is 9.84 Å². The molecule has 0 aliphatic rings. The number of amides is 1. The molecule has 0 aromatic heterocycles. The van der Waals surface area contributed by atoms with Crippen LogP contribution in [-0.4, -0.2) is 25.4 Å². The fourth-order valence-corrected chi connectivity index (χ4v) is 3.44. The van der Waals surface area contributed by atoms with Crippen LogP contribution in [0, 0.1) is 0 Å². The van der Waals surface area contributed by atoms with Gasteiger partial charge < -0.3 is 16.6 Å². The smallest absolute Gasteiger partial charge is 0.336 e. The van der Waals surface area contributed by atoms with Crippen molar-refractivity contribution in [3.63, 3.8) is 0 Å². The van der Waals surface area contributed by atoms with E-state index in [0.717, 1.165) is 12.1 Å². The van der Waals surface area contributed by atoms with E-state index in [0.29, 0.717) is 5.69 Å². The van der Waals surface area contributed by atoms with Crippen molar-refractivity contribution in [2.75, 3.05) is 11.5 Å². The standard InChI is InChI=1S/C14H14N4O5S/c15-7-1-3-8(4-2-7)24(22,23)12-6-9(13(19)18-17)10(14(20)21)5-11(12)16/h1-6H,15-17H2,(H,18,19)(H,20,21). The molecule has 2 rings (SSSR count). The number of carboxylic acids is 1. The van der Waals surface area contributed by atoms with Crippen LogP contribution in [0.4, 0.5) is 11.4 Å². The monoisotopic (exact) mass is 350 g/mol. The minimum atomic E-state index is -4.09. The van der Waals surface area contributed by atoms with Crippen molar-refractivity contribution in [3.05, 3.63) is 47.5 Å². The van der Waals surface area contributed by atoms with Gasteiger partial charge in [-0.1, -0.05) is 0 Å². The second-order valence-corrected chi connectivity index (χ2v) is 6.70. The van der Waals surface area contributed by atoms with Crippen LogP contribution in [0.3, 0.4) is 0 Å². The molecule has 0 heterocycles. The van der Waals surface area contributed by atoms with Gasteiger partial charge in [-0.2, -0.15) is 0 Å². The Morgan fingerprint density at radius 1 is 1.00 bits per heavy atom. The van der Waals surface area contributed by atoms with E-state index >= 15 is 0 Å². The summed E-state index contributed by atoms with van der Waals surface area (Å²) in [7, 11) is -4.09. The zero-order chi connectivity index (χ0) is 18.1. The number of anilines is 2. The molecular formula is C14H14N4O5S. The van der Waals surface area contributed by atoms with E-state index < -0.39 is 37.7 Å². The number of nitrogen functional groups attached to an aromatic ring is 3. The lowest BCUT2D eigenvalue weighted by atomic mass is 10.1. The number of benzene rings is 2. The number of rotatable bonds is 4. The van der Waals surface area contributed by atoms with Crippen molar-refractivity contribution in [1.82, 2.24) is 5.43 Å². The summed E-state index contributed by atoms with van der Waals surface area (Å²) >= 11 is 0. The summed E-state index contributed by atoms with van der Waals surface area (Å²) in [5.74, 6) is 2.61. The van der Waals surface area contributed by atoms with Crippen molar-refractivity contribution in [3.8, 4) is 0 Å². The molecule has 0 fully saturated rings. The van der Waals surface area contributed by atoms with Crippen LogP contribution in [0.15, 0.2) is 46.2 Å². The number of nitrogens with two attached hydrogens (primary N) is 3. The number of hydrogen-bond acceptors (Lipinski definition) is 7. The van der Waals surface area contributed by atoms with E-state index in [-0.39, 0.29) is 10.6 Å². The fourth-order valence-electron chi connectivity index (χ4n) is 2.05. The molecular weight excluding hydrogens is 336 g/mol. The van der Waals surface area contributed by atoms with Gasteiger partial charge in [-0.3, -0.25) is 10.2 Å². The summed E-state index contributed by atoms with van der Waals surface area (Å²) in [6.45, 7) is 0. The van der Waals surface area contributed by atoms with Crippen molar-refractivity contribution >= 4 is 33.1 Å². The lowest BCUT2D eigenvalue weighted by Gasteiger charge is -2.12. The Balaban J connectivity index is 2.72. The molecule has 0 aliphatic carbocycles. The maximum Gasteiger partial charge on any atom is 0.336 e. The van der Waals surface area contributed by atoms with Crippen LogP contribution in [0.25, 0.3) is 0 Å². The Bertz CT molecular complexity index is 923. The predicted molar refractivity (Wildman–Crippen MR) is 85.8 cm³/mol. The minimum Gasteiger partial charge on any atom is -0.478 e. The molecule has 126 valence electrons. The first-order chi connectivity index (χ1) is 11.2. The summed E-state index contributed by atoms with van der Waals surface area (Å²) in [5.41, 5.74) is 12.2. The van der Waals surface area contributed by atoms with Crippen LogP contribution in [-0.2, 0) is 9.84 Å². The highest BCUT2D eigenvalue weighted by Crippen LogP contribution is 2.29. The summed E-state index contributed by atoms with van der Waals surface area (Å²) in [4.78, 5) is 22.5. The third-order valence-corrected chi connectivity index (χ3v) is 5.06. The molecule has 0 radical (unpaired) electrons. The Morgan fingerprint density at radius 2 is 1.58 bits per heavy atom. The van der Waals surface area contributed by atoms with Crippen molar-refractivity contribution < 1.29 is 23.1 Å². The van der Waals surface area contributed by atoms with Crippen molar-refractivity contribution in [2.45, 2.75) is 9.79 Å². The van der Waals surface area contributed by atoms with Gasteiger partial charge in [-0.15, -0.1) is 0 Å². The fraction of sp³-hybridized carbons (Fsp3) is 0. The number of carbonyl (C=O) groups excluding carboxylic acids is 1. The van der Waals surface area contributed by atoms with Gasteiger partial charge in [0.1, 0.15) is 0 Å². The highest BCUT2D eigenvalue weighted by molar-refractivity contribution is 7.91. The van der Waals surface area contributed by atoms with E-state index in [9.17, 15) is 18.0 Å². The van der Waals surface area contributed by atoms with Gasteiger partial charge >= 0.3 is 5.97 Å². The molecule has 0 saturated carbocycles. The summed E-state index contributed by atoms with van der Waals surface area (Å²) in [5, 5.41) is 9.14. The summed E-state index contributed by atoms with van der Waals surface area (Å²) < 4.78 is 25.4. The van der Waals surface area contributed by atoms with Crippen molar-refractivity contribution in [1.29, 1.82) is 0 Å². The minimum absolute atomic E-state index is 0.106. The highest BCUT2D eigenvalue weighted by Gasteiger charge is 2.26. The molecule has 0 aliphatic heterocycles. The van der Waals surface area contributed by atoms with Gasteiger partial charge in [0.15, 0.2) is 0 Å². The summed E-state index contributed by atoms with van der Waals surface area (Å²) in [6, 6.07) is 7.12. The Hall–Kier alpha value is -3.11. The molecule has 24 heavy (non-hydrogen) atoms. The molecule has 1 amide bonds. The second kappa shape index (κ2) is 6.18. The van der Waals surface area contributed by atoms with E-state index in [4.69, 9.17) is 22.4 Å². The SMILES string of the molecule is NNC(=O)c1cc(S(=O)(=O)c2ccc(N)cc2)c(N)cc1C(=O)O. The second-order valence-electron chi connectivity index (χ2n) is 4.79. The maximum absolute atomic E-state index is 12.7. The molecule has 0 atom stereocenters. The lowest BCUT2D eigenvalue weighted by molar-refractivity contribution is 0.0691. The average Bonchev–Trinajstić information content (AvgIpc) is 2.53. The first-order valence-electron chi connectivity index (χ1n) is 6.47. The largest absolute Gasteiger partial charge is 0.478 e. The average molecular weight is 350 g/mol. The third-order valence-electron chi connectivity index (χ3n) is 3.24.